The summed E-state index contributed by atoms with van der Waals surface area (Å²) in [5, 5.41) is 2.90. The van der Waals surface area contributed by atoms with E-state index in [4.69, 9.17) is 14.2 Å². The van der Waals surface area contributed by atoms with Crippen molar-refractivity contribution < 1.29 is 23.8 Å². The van der Waals surface area contributed by atoms with Crippen molar-refractivity contribution in [1.82, 2.24) is 14.7 Å². The first kappa shape index (κ1) is 22.8. The van der Waals surface area contributed by atoms with E-state index in [2.05, 4.69) is 15.1 Å². The molecule has 1 aliphatic rings. The maximum Gasteiger partial charge on any atom is 0.238 e. The quantitative estimate of drug-likeness (QED) is 0.679. The molecule has 0 atom stereocenters. The van der Waals surface area contributed by atoms with Gasteiger partial charge in [-0.3, -0.25) is 19.4 Å². The fourth-order valence-electron chi connectivity index (χ4n) is 3.23. The molecular weight excluding hydrogens is 376 g/mol. The number of ether oxygens (including phenoxy) is 3. The number of rotatable bonds is 8. The molecule has 1 saturated heterocycles. The highest BCUT2D eigenvalue weighted by Crippen LogP contribution is 2.39. The summed E-state index contributed by atoms with van der Waals surface area (Å²) >= 11 is 0. The van der Waals surface area contributed by atoms with Crippen molar-refractivity contribution in [2.75, 3.05) is 80.0 Å². The zero-order chi connectivity index (χ0) is 21.4. The highest BCUT2D eigenvalue weighted by molar-refractivity contribution is 5.93. The maximum atomic E-state index is 12.6. The third kappa shape index (κ3) is 6.50. The fraction of sp³-hybridized carbons (Fsp3) is 0.600. The molecule has 0 aliphatic carbocycles. The van der Waals surface area contributed by atoms with E-state index in [1.807, 2.05) is 0 Å². The molecule has 1 aliphatic heterocycles. The lowest BCUT2D eigenvalue weighted by atomic mass is 10.2. The molecule has 0 saturated carbocycles. The van der Waals surface area contributed by atoms with Gasteiger partial charge in [0.05, 0.1) is 34.4 Å². The average Bonchev–Trinajstić information content (AvgIpc) is 2.91. The van der Waals surface area contributed by atoms with Crippen LogP contribution >= 0.6 is 0 Å². The van der Waals surface area contributed by atoms with Crippen molar-refractivity contribution in [3.63, 3.8) is 0 Å². The minimum atomic E-state index is -0.114. The van der Waals surface area contributed by atoms with E-state index >= 15 is 0 Å². The van der Waals surface area contributed by atoms with Gasteiger partial charge in [0.2, 0.25) is 17.6 Å². The first-order valence-corrected chi connectivity index (χ1v) is 9.62. The molecule has 1 N–H and O–H groups in total. The number of amides is 2. The monoisotopic (exact) mass is 408 g/mol. The molecular formula is C20H32N4O5. The molecule has 1 aromatic carbocycles. The molecule has 162 valence electrons. The van der Waals surface area contributed by atoms with Gasteiger partial charge in [0.25, 0.3) is 0 Å². The van der Waals surface area contributed by atoms with Gasteiger partial charge >= 0.3 is 0 Å². The third-order valence-corrected chi connectivity index (χ3v) is 4.85. The van der Waals surface area contributed by atoms with E-state index in [0.717, 1.165) is 32.6 Å². The fourth-order valence-corrected chi connectivity index (χ4v) is 3.23. The van der Waals surface area contributed by atoms with Gasteiger partial charge in [-0.25, -0.2) is 0 Å². The minimum absolute atomic E-state index is 0.0959. The highest BCUT2D eigenvalue weighted by Gasteiger charge is 2.20. The molecule has 2 amide bonds. The standard InChI is InChI=1S/C20H32N4O5/c1-22(2)19(26)14-24-8-6-7-23(9-10-24)13-18(25)21-15-11-16(27-3)20(29-5)17(12-15)28-4/h11-12H,6-10,13-14H2,1-5H3,(H,21,25). The summed E-state index contributed by atoms with van der Waals surface area (Å²) in [7, 11) is 8.13. The van der Waals surface area contributed by atoms with E-state index in [1.54, 1.807) is 31.1 Å². The Balaban J connectivity index is 1.93. The second-order valence-electron chi connectivity index (χ2n) is 7.16. The summed E-state index contributed by atoms with van der Waals surface area (Å²) < 4.78 is 16.0. The van der Waals surface area contributed by atoms with Crippen molar-refractivity contribution in [2.24, 2.45) is 0 Å². The summed E-state index contributed by atoms with van der Waals surface area (Å²) in [5.41, 5.74) is 0.581. The molecule has 0 bridgehead atoms. The number of hydrogen-bond donors (Lipinski definition) is 1. The Hall–Kier alpha value is -2.52. The molecule has 1 fully saturated rings. The van der Waals surface area contributed by atoms with Crippen LogP contribution in [0.15, 0.2) is 12.1 Å². The Kier molecular flexibility index (Phi) is 8.53. The largest absolute Gasteiger partial charge is 0.493 e. The second kappa shape index (κ2) is 10.9. The second-order valence-corrected chi connectivity index (χ2v) is 7.16. The molecule has 0 aromatic heterocycles. The van der Waals surface area contributed by atoms with Gasteiger partial charge in [-0.15, -0.1) is 0 Å². The number of carbonyl (C=O) groups excluding carboxylic acids is 2. The average molecular weight is 408 g/mol. The van der Waals surface area contributed by atoms with Crippen LogP contribution in [0.4, 0.5) is 5.69 Å². The van der Waals surface area contributed by atoms with Gasteiger partial charge in [-0.2, -0.15) is 0 Å². The zero-order valence-corrected chi connectivity index (χ0v) is 18.0. The number of methoxy groups -OCH3 is 3. The smallest absolute Gasteiger partial charge is 0.238 e. The van der Waals surface area contributed by atoms with Gasteiger partial charge in [-0.05, 0) is 19.5 Å². The molecule has 2 rings (SSSR count). The van der Waals surface area contributed by atoms with Crippen LogP contribution in [-0.4, -0.2) is 101 Å². The van der Waals surface area contributed by atoms with Gasteiger partial charge in [0, 0.05) is 45.0 Å². The summed E-state index contributed by atoms with van der Waals surface area (Å²) in [6.45, 7) is 3.87. The number of likely N-dealkylation sites (N-methyl/N-ethyl adjacent to an activating group) is 1. The predicted octanol–water partition coefficient (Wildman–Crippen LogP) is 0.747. The Morgan fingerprint density at radius 3 is 1.97 bits per heavy atom. The summed E-state index contributed by atoms with van der Waals surface area (Å²) in [6.07, 6.45) is 0.915. The van der Waals surface area contributed by atoms with Crippen LogP contribution in [0.25, 0.3) is 0 Å². The van der Waals surface area contributed by atoms with Gasteiger partial charge in [0.15, 0.2) is 11.5 Å². The third-order valence-electron chi connectivity index (χ3n) is 4.85. The Bertz CT molecular complexity index is 685. The van der Waals surface area contributed by atoms with Crippen molar-refractivity contribution in [3.8, 4) is 17.2 Å². The predicted molar refractivity (Wildman–Crippen MR) is 111 cm³/mol. The lowest BCUT2D eigenvalue weighted by Crippen LogP contribution is -2.39. The molecule has 0 unspecified atom stereocenters. The van der Waals surface area contributed by atoms with Crippen LogP contribution in [0.2, 0.25) is 0 Å². The number of hydrogen-bond acceptors (Lipinski definition) is 7. The normalized spacial score (nSPS) is 15.3. The highest BCUT2D eigenvalue weighted by atomic mass is 16.5. The molecule has 0 radical (unpaired) electrons. The molecule has 9 heteroatoms. The molecule has 29 heavy (non-hydrogen) atoms. The Morgan fingerprint density at radius 2 is 1.48 bits per heavy atom. The SMILES string of the molecule is COc1cc(NC(=O)CN2CCCN(CC(=O)N(C)C)CC2)cc(OC)c1OC. The molecule has 1 aromatic rings. The molecule has 1 heterocycles. The van der Waals surface area contributed by atoms with Crippen LogP contribution < -0.4 is 19.5 Å². The van der Waals surface area contributed by atoms with E-state index < -0.39 is 0 Å². The number of nitrogens with zero attached hydrogens (tertiary/aromatic N) is 3. The van der Waals surface area contributed by atoms with Crippen LogP contribution in [0.1, 0.15) is 6.42 Å². The van der Waals surface area contributed by atoms with Crippen LogP contribution in [0.5, 0.6) is 17.2 Å². The van der Waals surface area contributed by atoms with Gasteiger partial charge in [0.1, 0.15) is 0 Å². The van der Waals surface area contributed by atoms with Crippen LogP contribution in [-0.2, 0) is 9.59 Å². The minimum Gasteiger partial charge on any atom is -0.493 e. The summed E-state index contributed by atoms with van der Waals surface area (Å²) in [6, 6.07) is 3.41. The zero-order valence-electron chi connectivity index (χ0n) is 18.0. The lowest BCUT2D eigenvalue weighted by Gasteiger charge is -2.22. The van der Waals surface area contributed by atoms with Crippen LogP contribution in [0, 0.1) is 0 Å². The van der Waals surface area contributed by atoms with Crippen molar-refractivity contribution in [1.29, 1.82) is 0 Å². The number of anilines is 1. The number of carbonyl (C=O) groups is 2. The Morgan fingerprint density at radius 1 is 0.931 bits per heavy atom. The van der Waals surface area contributed by atoms with Crippen molar-refractivity contribution >= 4 is 17.5 Å². The summed E-state index contributed by atoms with van der Waals surface area (Å²) in [5.74, 6) is 1.43. The van der Waals surface area contributed by atoms with Gasteiger partial charge in [-0.1, -0.05) is 0 Å². The summed E-state index contributed by atoms with van der Waals surface area (Å²) in [4.78, 5) is 30.3. The van der Waals surface area contributed by atoms with E-state index in [9.17, 15) is 9.59 Å². The van der Waals surface area contributed by atoms with Crippen molar-refractivity contribution in [3.05, 3.63) is 12.1 Å². The number of nitrogens with one attached hydrogen (secondary N) is 1. The van der Waals surface area contributed by atoms with Crippen LogP contribution in [0.3, 0.4) is 0 Å². The first-order chi connectivity index (χ1) is 13.9. The lowest BCUT2D eigenvalue weighted by molar-refractivity contribution is -0.129. The van der Waals surface area contributed by atoms with Gasteiger partial charge < -0.3 is 24.4 Å². The first-order valence-electron chi connectivity index (χ1n) is 9.62. The topological polar surface area (TPSA) is 83.6 Å². The number of benzene rings is 1. The van der Waals surface area contributed by atoms with E-state index in [1.165, 1.54) is 21.3 Å². The van der Waals surface area contributed by atoms with E-state index in [0.29, 0.717) is 29.5 Å². The van der Waals surface area contributed by atoms with E-state index in [-0.39, 0.29) is 18.4 Å². The van der Waals surface area contributed by atoms with Crippen molar-refractivity contribution in [2.45, 2.75) is 6.42 Å². The Labute approximate surface area is 172 Å². The molecule has 9 nitrogen and oxygen atoms in total. The maximum absolute atomic E-state index is 12.6. The molecule has 0 spiro atoms.